The molecule has 0 radical (unpaired) electrons. The summed E-state index contributed by atoms with van der Waals surface area (Å²) < 4.78 is 17.3. The number of aromatic nitrogens is 1. The minimum Gasteiger partial charge on any atom is -0.477 e. The molecule has 1 aromatic carbocycles. The standard InChI is InChI=1S/C12H15NO3.C8H9F/c1-4-9(7-16-3)10-5-11(12(14)15)13-6-8(10)2;1-2-7-3-5-8(9)6-4-7/h4-6H,7H2,1-3H3,(H,14,15);3-6H,2H2,1H3/b9-4-;. The molecule has 0 aliphatic carbocycles. The van der Waals surface area contributed by atoms with Gasteiger partial charge >= 0.3 is 5.97 Å². The Hall–Kier alpha value is -2.53. The number of benzene rings is 1. The molecule has 0 saturated heterocycles. The van der Waals surface area contributed by atoms with E-state index in [9.17, 15) is 9.18 Å². The zero-order chi connectivity index (χ0) is 18.8. The van der Waals surface area contributed by atoms with Crippen molar-refractivity contribution in [3.8, 4) is 0 Å². The van der Waals surface area contributed by atoms with Crippen molar-refractivity contribution in [2.45, 2.75) is 27.2 Å². The number of pyridine rings is 1. The molecular weight excluding hydrogens is 321 g/mol. The van der Waals surface area contributed by atoms with Gasteiger partial charge in [0.1, 0.15) is 11.5 Å². The molecule has 2 rings (SSSR count). The summed E-state index contributed by atoms with van der Waals surface area (Å²) in [6, 6.07) is 8.15. The minimum atomic E-state index is -1.02. The first-order valence-electron chi connectivity index (χ1n) is 8.01. The maximum atomic E-state index is 12.2. The third-order valence-corrected chi connectivity index (χ3v) is 3.64. The fraction of sp³-hybridized carbons (Fsp3) is 0.300. The van der Waals surface area contributed by atoms with Crippen LogP contribution in [0.4, 0.5) is 4.39 Å². The quantitative estimate of drug-likeness (QED) is 0.865. The average molecular weight is 345 g/mol. The maximum absolute atomic E-state index is 12.2. The Kier molecular flexibility index (Phi) is 8.50. The molecule has 0 spiro atoms. The first-order valence-corrected chi connectivity index (χ1v) is 8.01. The molecule has 0 saturated carbocycles. The van der Waals surface area contributed by atoms with Gasteiger partial charge in [-0.15, -0.1) is 0 Å². The number of allylic oxidation sites excluding steroid dienone is 1. The summed E-state index contributed by atoms with van der Waals surface area (Å²) in [5, 5.41) is 8.87. The van der Waals surface area contributed by atoms with E-state index in [0.29, 0.717) is 6.61 Å². The number of rotatable bonds is 5. The highest BCUT2D eigenvalue weighted by Gasteiger charge is 2.10. The van der Waals surface area contributed by atoms with Gasteiger partial charge < -0.3 is 9.84 Å². The van der Waals surface area contributed by atoms with Crippen molar-refractivity contribution in [3.63, 3.8) is 0 Å². The van der Waals surface area contributed by atoms with Crippen LogP contribution >= 0.6 is 0 Å². The third-order valence-electron chi connectivity index (χ3n) is 3.64. The molecule has 4 nitrogen and oxygen atoms in total. The summed E-state index contributed by atoms with van der Waals surface area (Å²) in [4.78, 5) is 14.7. The van der Waals surface area contributed by atoms with Crippen molar-refractivity contribution in [3.05, 3.63) is 70.8 Å². The summed E-state index contributed by atoms with van der Waals surface area (Å²) in [7, 11) is 1.61. The number of carboxylic acid groups (broad SMARTS) is 1. The smallest absolute Gasteiger partial charge is 0.354 e. The summed E-state index contributed by atoms with van der Waals surface area (Å²) >= 11 is 0. The number of aryl methyl sites for hydroxylation is 2. The number of aromatic carboxylic acids is 1. The van der Waals surface area contributed by atoms with E-state index < -0.39 is 5.97 Å². The summed E-state index contributed by atoms with van der Waals surface area (Å²) in [5.74, 6) is -1.18. The van der Waals surface area contributed by atoms with E-state index >= 15 is 0 Å². The topological polar surface area (TPSA) is 59.4 Å². The molecule has 5 heteroatoms. The van der Waals surface area contributed by atoms with E-state index in [1.54, 1.807) is 31.5 Å². The number of nitrogens with zero attached hydrogens (tertiary/aromatic N) is 1. The highest BCUT2D eigenvalue weighted by molar-refractivity contribution is 5.87. The highest BCUT2D eigenvalue weighted by atomic mass is 19.1. The molecule has 134 valence electrons. The van der Waals surface area contributed by atoms with Crippen LogP contribution < -0.4 is 0 Å². The second kappa shape index (κ2) is 10.4. The number of hydrogen-bond acceptors (Lipinski definition) is 3. The van der Waals surface area contributed by atoms with Gasteiger partial charge in [0.05, 0.1) is 6.61 Å². The lowest BCUT2D eigenvalue weighted by molar-refractivity contribution is 0.0690. The minimum absolute atomic E-state index is 0.0519. The molecule has 1 N–H and O–H groups in total. The fourth-order valence-electron chi connectivity index (χ4n) is 2.18. The molecule has 1 heterocycles. The number of ether oxygens (including phenoxy) is 1. The van der Waals surface area contributed by atoms with Gasteiger partial charge in [-0.3, -0.25) is 0 Å². The first kappa shape index (κ1) is 20.5. The van der Waals surface area contributed by atoms with E-state index in [-0.39, 0.29) is 11.5 Å². The summed E-state index contributed by atoms with van der Waals surface area (Å²) in [6.45, 7) is 6.30. The van der Waals surface area contributed by atoms with Crippen molar-refractivity contribution < 1.29 is 19.0 Å². The summed E-state index contributed by atoms with van der Waals surface area (Å²) in [6.07, 6.45) is 4.45. The van der Waals surface area contributed by atoms with Crippen LogP contribution in [0.3, 0.4) is 0 Å². The van der Waals surface area contributed by atoms with Crippen LogP contribution in [0.2, 0.25) is 0 Å². The van der Waals surface area contributed by atoms with E-state index in [1.165, 1.54) is 17.7 Å². The second-order valence-corrected chi connectivity index (χ2v) is 5.42. The van der Waals surface area contributed by atoms with E-state index in [0.717, 1.165) is 23.1 Å². The Morgan fingerprint density at radius 3 is 2.44 bits per heavy atom. The van der Waals surface area contributed by atoms with Gasteiger partial charge in [0.15, 0.2) is 0 Å². The molecule has 0 aliphatic heterocycles. The molecule has 0 bridgehead atoms. The Morgan fingerprint density at radius 1 is 1.32 bits per heavy atom. The van der Waals surface area contributed by atoms with E-state index in [2.05, 4.69) is 4.98 Å². The van der Waals surface area contributed by atoms with Gasteiger partial charge in [0.2, 0.25) is 0 Å². The second-order valence-electron chi connectivity index (χ2n) is 5.42. The Labute approximate surface area is 148 Å². The lowest BCUT2D eigenvalue weighted by Gasteiger charge is -2.10. The SMILES string of the molecule is C/C=C(/COC)c1cc(C(=O)O)ncc1C.CCc1ccc(F)cc1. The summed E-state index contributed by atoms with van der Waals surface area (Å²) in [5.41, 5.74) is 4.00. The van der Waals surface area contributed by atoms with Crippen LogP contribution in [0.5, 0.6) is 0 Å². The van der Waals surface area contributed by atoms with Gasteiger partial charge in [-0.2, -0.15) is 0 Å². The van der Waals surface area contributed by atoms with Crippen LogP contribution in [0.1, 0.15) is 41.0 Å². The van der Waals surface area contributed by atoms with E-state index in [4.69, 9.17) is 9.84 Å². The van der Waals surface area contributed by atoms with Gasteiger partial charge in [-0.1, -0.05) is 25.1 Å². The Bertz CT molecular complexity index is 724. The number of carbonyl (C=O) groups is 1. The monoisotopic (exact) mass is 345 g/mol. The zero-order valence-corrected chi connectivity index (χ0v) is 15.0. The molecule has 0 aliphatic rings. The van der Waals surface area contributed by atoms with E-state index in [1.807, 2.05) is 26.8 Å². The van der Waals surface area contributed by atoms with Crippen molar-refractivity contribution >= 4 is 11.5 Å². The van der Waals surface area contributed by atoms with Crippen LogP contribution in [-0.2, 0) is 11.2 Å². The van der Waals surface area contributed by atoms with Crippen LogP contribution in [-0.4, -0.2) is 29.8 Å². The zero-order valence-electron chi connectivity index (χ0n) is 15.0. The number of methoxy groups -OCH3 is 1. The largest absolute Gasteiger partial charge is 0.477 e. The van der Waals surface area contributed by atoms with Crippen LogP contribution in [0.15, 0.2) is 42.6 Å². The van der Waals surface area contributed by atoms with Gasteiger partial charge in [0.25, 0.3) is 0 Å². The Morgan fingerprint density at radius 2 is 1.96 bits per heavy atom. The molecule has 1 aromatic heterocycles. The van der Waals surface area contributed by atoms with Crippen molar-refractivity contribution in [1.29, 1.82) is 0 Å². The predicted molar refractivity (Wildman–Crippen MR) is 97.2 cm³/mol. The molecule has 25 heavy (non-hydrogen) atoms. The number of carboxylic acids is 1. The molecule has 0 amide bonds. The van der Waals surface area contributed by atoms with Gasteiger partial charge in [-0.05, 0) is 60.7 Å². The van der Waals surface area contributed by atoms with Gasteiger partial charge in [0, 0.05) is 13.3 Å². The number of hydrogen-bond donors (Lipinski definition) is 1. The maximum Gasteiger partial charge on any atom is 0.354 e. The Balaban J connectivity index is 0.000000293. The molecule has 0 atom stereocenters. The molecule has 2 aromatic rings. The fourth-order valence-corrected chi connectivity index (χ4v) is 2.18. The predicted octanol–water partition coefficient (Wildman–Crippen LogP) is 4.53. The lowest BCUT2D eigenvalue weighted by atomic mass is 10.0. The highest BCUT2D eigenvalue weighted by Crippen LogP contribution is 2.19. The van der Waals surface area contributed by atoms with Crippen LogP contribution in [0.25, 0.3) is 5.57 Å². The number of halogens is 1. The van der Waals surface area contributed by atoms with Crippen molar-refractivity contribution in [2.75, 3.05) is 13.7 Å². The molecule has 0 unspecified atom stereocenters. The third kappa shape index (κ3) is 6.47. The average Bonchev–Trinajstić information content (AvgIpc) is 2.61. The van der Waals surface area contributed by atoms with Crippen LogP contribution in [0, 0.1) is 12.7 Å². The first-order chi connectivity index (χ1) is 11.9. The molecular formula is C20H24FNO3. The normalized spacial score (nSPS) is 10.8. The molecule has 0 fully saturated rings. The lowest BCUT2D eigenvalue weighted by Crippen LogP contribution is -2.04. The van der Waals surface area contributed by atoms with Gasteiger partial charge in [-0.25, -0.2) is 14.2 Å². The van der Waals surface area contributed by atoms with Crippen molar-refractivity contribution in [1.82, 2.24) is 4.98 Å². The van der Waals surface area contributed by atoms with Crippen molar-refractivity contribution in [2.24, 2.45) is 0 Å².